The Morgan fingerprint density at radius 1 is 0.882 bits per heavy atom. The van der Waals surface area contributed by atoms with Crippen molar-refractivity contribution in [2.24, 2.45) is 0 Å². The van der Waals surface area contributed by atoms with Gasteiger partial charge in [0, 0.05) is 22.6 Å². The lowest BCUT2D eigenvalue weighted by Crippen LogP contribution is -1.99. The molecule has 0 radical (unpaired) electrons. The van der Waals surface area contributed by atoms with E-state index in [1.165, 1.54) is 4.90 Å². The summed E-state index contributed by atoms with van der Waals surface area (Å²) in [6.07, 6.45) is 0.587. The fourth-order valence-electron chi connectivity index (χ4n) is 1.55. The van der Waals surface area contributed by atoms with Gasteiger partial charge in [-0.15, -0.1) is 11.8 Å². The molecule has 1 nitrogen and oxygen atoms in total. The van der Waals surface area contributed by atoms with Gasteiger partial charge >= 0.3 is 0 Å². The van der Waals surface area contributed by atoms with E-state index in [0.717, 1.165) is 11.3 Å². The maximum Gasteiger partial charge on any atom is 0.163 e. The van der Waals surface area contributed by atoms with Crippen LogP contribution in [0, 0.1) is 0 Å². The quantitative estimate of drug-likeness (QED) is 0.581. The summed E-state index contributed by atoms with van der Waals surface area (Å²) in [6, 6.07) is 19.6. The van der Waals surface area contributed by atoms with Crippen LogP contribution in [-0.4, -0.2) is 11.5 Å². The predicted octanol–water partition coefficient (Wildman–Crippen LogP) is 4.05. The number of Topliss-reactive ketones (excluding diaryl/α,β-unsaturated/α-hetero) is 1. The van der Waals surface area contributed by atoms with Crippen LogP contribution < -0.4 is 0 Å². The number of thioether (sulfide) groups is 1. The van der Waals surface area contributed by atoms with Crippen molar-refractivity contribution in [1.29, 1.82) is 0 Å². The molecule has 0 bridgehead atoms. The second-order valence-corrected chi connectivity index (χ2v) is 4.87. The third kappa shape index (κ3) is 3.75. The molecule has 2 aromatic rings. The summed E-state index contributed by atoms with van der Waals surface area (Å²) in [4.78, 5) is 13.0. The summed E-state index contributed by atoms with van der Waals surface area (Å²) >= 11 is 1.72. The summed E-state index contributed by atoms with van der Waals surface area (Å²) in [5.74, 6) is 1.05. The van der Waals surface area contributed by atoms with Crippen LogP contribution in [0.15, 0.2) is 65.6 Å². The molecule has 0 spiro atoms. The highest BCUT2D eigenvalue weighted by Crippen LogP contribution is 2.18. The number of benzene rings is 2. The van der Waals surface area contributed by atoms with Crippen molar-refractivity contribution in [2.45, 2.75) is 11.3 Å². The highest BCUT2D eigenvalue weighted by atomic mass is 32.2. The molecule has 0 amide bonds. The lowest BCUT2D eigenvalue weighted by Gasteiger charge is -2.01. The molecule has 0 heterocycles. The number of carbonyl (C=O) groups is 1. The van der Waals surface area contributed by atoms with Crippen molar-refractivity contribution >= 4 is 17.5 Å². The fourth-order valence-corrected chi connectivity index (χ4v) is 2.42. The maximum absolute atomic E-state index is 11.8. The summed E-state index contributed by atoms with van der Waals surface area (Å²) in [5.41, 5.74) is 0.807. The molecule has 0 aliphatic rings. The molecule has 17 heavy (non-hydrogen) atoms. The zero-order chi connectivity index (χ0) is 11.9. The van der Waals surface area contributed by atoms with E-state index in [1.54, 1.807) is 11.8 Å². The van der Waals surface area contributed by atoms with E-state index in [1.807, 2.05) is 48.5 Å². The third-order valence-electron chi connectivity index (χ3n) is 2.44. The molecular formula is C15H14OS. The Labute approximate surface area is 106 Å². The molecule has 0 fully saturated rings. The van der Waals surface area contributed by atoms with E-state index >= 15 is 0 Å². The minimum Gasteiger partial charge on any atom is -0.294 e. The van der Waals surface area contributed by atoms with E-state index in [0.29, 0.717) is 6.42 Å². The highest BCUT2D eigenvalue weighted by Gasteiger charge is 2.04. The van der Waals surface area contributed by atoms with Gasteiger partial charge in [-0.2, -0.15) is 0 Å². The van der Waals surface area contributed by atoms with Crippen LogP contribution in [0.1, 0.15) is 16.8 Å². The molecule has 0 saturated carbocycles. The van der Waals surface area contributed by atoms with Gasteiger partial charge in [0.15, 0.2) is 5.78 Å². The maximum atomic E-state index is 11.8. The van der Waals surface area contributed by atoms with Gasteiger partial charge in [-0.05, 0) is 12.1 Å². The van der Waals surface area contributed by atoms with Gasteiger partial charge in [0.25, 0.3) is 0 Å². The van der Waals surface area contributed by atoms with Crippen LogP contribution >= 0.6 is 11.8 Å². The average molecular weight is 242 g/mol. The Bertz CT molecular complexity index is 465. The lowest BCUT2D eigenvalue weighted by molar-refractivity contribution is 0.0989. The largest absolute Gasteiger partial charge is 0.294 e. The van der Waals surface area contributed by atoms with Crippen molar-refractivity contribution in [3.8, 4) is 0 Å². The topological polar surface area (TPSA) is 17.1 Å². The molecular weight excluding hydrogens is 228 g/mol. The van der Waals surface area contributed by atoms with E-state index in [2.05, 4.69) is 12.1 Å². The van der Waals surface area contributed by atoms with Crippen LogP contribution in [0.25, 0.3) is 0 Å². The molecule has 2 heteroatoms. The number of hydrogen-bond acceptors (Lipinski definition) is 2. The van der Waals surface area contributed by atoms with Crippen molar-refractivity contribution in [3.05, 3.63) is 66.2 Å². The number of carbonyl (C=O) groups excluding carboxylic acids is 1. The molecule has 0 aliphatic heterocycles. The zero-order valence-electron chi connectivity index (χ0n) is 9.50. The van der Waals surface area contributed by atoms with Gasteiger partial charge in [-0.3, -0.25) is 4.79 Å². The number of hydrogen-bond donors (Lipinski definition) is 0. The predicted molar refractivity (Wildman–Crippen MR) is 72.6 cm³/mol. The van der Waals surface area contributed by atoms with Crippen molar-refractivity contribution in [1.82, 2.24) is 0 Å². The summed E-state index contributed by atoms with van der Waals surface area (Å²) in [6.45, 7) is 0. The second kappa shape index (κ2) is 6.26. The normalized spacial score (nSPS) is 10.1. The van der Waals surface area contributed by atoms with Crippen molar-refractivity contribution in [3.63, 3.8) is 0 Å². The first-order chi connectivity index (χ1) is 8.36. The minimum absolute atomic E-state index is 0.217. The SMILES string of the molecule is O=C(CCSc1ccccc1)c1ccccc1. The molecule has 0 atom stereocenters. The third-order valence-corrected chi connectivity index (χ3v) is 3.45. The van der Waals surface area contributed by atoms with Crippen LogP contribution in [-0.2, 0) is 0 Å². The highest BCUT2D eigenvalue weighted by molar-refractivity contribution is 7.99. The Kier molecular flexibility index (Phi) is 4.39. The number of rotatable bonds is 5. The molecule has 2 rings (SSSR count). The molecule has 0 aliphatic carbocycles. The molecule has 0 aromatic heterocycles. The summed E-state index contributed by atoms with van der Waals surface area (Å²) in [5, 5.41) is 0. The molecule has 0 unspecified atom stereocenters. The average Bonchev–Trinajstić information content (AvgIpc) is 2.41. The standard InChI is InChI=1S/C15H14OS/c16-15(13-7-3-1-4-8-13)11-12-17-14-9-5-2-6-10-14/h1-10H,11-12H2. The Morgan fingerprint density at radius 2 is 1.47 bits per heavy atom. The van der Waals surface area contributed by atoms with Gasteiger partial charge in [0.05, 0.1) is 0 Å². The first-order valence-electron chi connectivity index (χ1n) is 5.62. The molecule has 0 N–H and O–H groups in total. The van der Waals surface area contributed by atoms with E-state index in [9.17, 15) is 4.79 Å². The van der Waals surface area contributed by atoms with Gasteiger partial charge in [-0.1, -0.05) is 48.5 Å². The Balaban J connectivity index is 1.82. The number of ketones is 1. The van der Waals surface area contributed by atoms with Crippen LogP contribution in [0.2, 0.25) is 0 Å². The molecule has 2 aromatic carbocycles. The van der Waals surface area contributed by atoms with Gasteiger partial charge < -0.3 is 0 Å². The second-order valence-electron chi connectivity index (χ2n) is 3.70. The van der Waals surface area contributed by atoms with Crippen LogP contribution in [0.3, 0.4) is 0 Å². The Hall–Kier alpha value is -1.54. The van der Waals surface area contributed by atoms with Crippen LogP contribution in [0.5, 0.6) is 0 Å². The zero-order valence-corrected chi connectivity index (χ0v) is 10.3. The first kappa shape index (κ1) is 11.9. The first-order valence-corrected chi connectivity index (χ1v) is 6.61. The van der Waals surface area contributed by atoms with Gasteiger partial charge in [-0.25, -0.2) is 0 Å². The smallest absolute Gasteiger partial charge is 0.163 e. The fraction of sp³-hybridized carbons (Fsp3) is 0.133. The van der Waals surface area contributed by atoms with Crippen molar-refractivity contribution in [2.75, 3.05) is 5.75 Å². The van der Waals surface area contributed by atoms with E-state index < -0.39 is 0 Å². The van der Waals surface area contributed by atoms with E-state index in [4.69, 9.17) is 0 Å². The Morgan fingerprint density at radius 3 is 2.12 bits per heavy atom. The van der Waals surface area contributed by atoms with Crippen molar-refractivity contribution < 1.29 is 4.79 Å². The van der Waals surface area contributed by atoms with Crippen LogP contribution in [0.4, 0.5) is 0 Å². The molecule has 0 saturated heterocycles. The van der Waals surface area contributed by atoms with Gasteiger partial charge in [0.2, 0.25) is 0 Å². The van der Waals surface area contributed by atoms with Gasteiger partial charge in [0.1, 0.15) is 0 Å². The minimum atomic E-state index is 0.217. The van der Waals surface area contributed by atoms with E-state index in [-0.39, 0.29) is 5.78 Å². The summed E-state index contributed by atoms with van der Waals surface area (Å²) in [7, 11) is 0. The lowest BCUT2D eigenvalue weighted by atomic mass is 10.1. The summed E-state index contributed by atoms with van der Waals surface area (Å²) < 4.78 is 0. The monoisotopic (exact) mass is 242 g/mol. The molecule has 86 valence electrons.